The van der Waals surface area contributed by atoms with Gasteiger partial charge in [0.2, 0.25) is 0 Å². The highest BCUT2D eigenvalue weighted by Crippen LogP contribution is 2.21. The van der Waals surface area contributed by atoms with Gasteiger partial charge in [-0.25, -0.2) is 0 Å². The molecule has 1 aliphatic rings. The summed E-state index contributed by atoms with van der Waals surface area (Å²) in [7, 11) is 0. The van der Waals surface area contributed by atoms with Crippen LogP contribution in [0.3, 0.4) is 0 Å². The van der Waals surface area contributed by atoms with Gasteiger partial charge in [-0.15, -0.1) is 0 Å². The van der Waals surface area contributed by atoms with Crippen molar-refractivity contribution in [2.75, 3.05) is 0 Å². The van der Waals surface area contributed by atoms with Crippen LogP contribution in [0.5, 0.6) is 0 Å². The van der Waals surface area contributed by atoms with Gasteiger partial charge in [0.15, 0.2) is 0 Å². The van der Waals surface area contributed by atoms with E-state index in [1.54, 1.807) is 0 Å². The Morgan fingerprint density at radius 1 is 1.11 bits per heavy atom. The van der Waals surface area contributed by atoms with Gasteiger partial charge in [-0.1, -0.05) is 73.2 Å². The van der Waals surface area contributed by atoms with Crippen LogP contribution >= 0.6 is 0 Å². The first-order valence-electron chi connectivity index (χ1n) is 6.40. The summed E-state index contributed by atoms with van der Waals surface area (Å²) < 4.78 is 0. The first kappa shape index (κ1) is 12.6. The molecule has 2 rings (SSSR count). The first-order valence-corrected chi connectivity index (χ1v) is 6.40. The average Bonchev–Trinajstić information content (AvgIpc) is 2.30. The summed E-state index contributed by atoms with van der Waals surface area (Å²) in [6, 6.07) is 6.38. The van der Waals surface area contributed by atoms with E-state index in [0.717, 1.165) is 5.22 Å². The first-order chi connectivity index (χ1) is 8.56. The summed E-state index contributed by atoms with van der Waals surface area (Å²) in [4.78, 5) is 0. The molecule has 0 radical (unpaired) electrons. The molecule has 0 nitrogen and oxygen atoms in total. The number of aryl methyl sites for hydroxylation is 1. The van der Waals surface area contributed by atoms with Gasteiger partial charge in [0.05, 0.1) is 0 Å². The highest BCUT2D eigenvalue weighted by Gasteiger charge is 2.05. The molecule has 0 bridgehead atoms. The fourth-order valence-electron chi connectivity index (χ4n) is 2.22. The van der Waals surface area contributed by atoms with Gasteiger partial charge in [0.1, 0.15) is 0 Å². The molecule has 1 aromatic rings. The van der Waals surface area contributed by atoms with Gasteiger partial charge in [-0.2, -0.15) is 0 Å². The van der Waals surface area contributed by atoms with E-state index in [1.807, 2.05) is 0 Å². The van der Waals surface area contributed by atoms with Gasteiger partial charge in [0.25, 0.3) is 0 Å². The molecular weight excluding hydrogens is 216 g/mol. The smallest absolute Gasteiger partial charge is 0.000472 e. The topological polar surface area (TPSA) is 0 Å². The summed E-state index contributed by atoms with van der Waals surface area (Å²) in [5.41, 5.74) is 3.95. The van der Waals surface area contributed by atoms with Crippen molar-refractivity contribution in [2.24, 2.45) is 5.92 Å². The van der Waals surface area contributed by atoms with E-state index in [2.05, 4.69) is 75.9 Å². The molecule has 0 aromatic heterocycles. The molecule has 0 aliphatic heterocycles. The average molecular weight is 236 g/mol. The maximum atomic E-state index is 4.09. The second kappa shape index (κ2) is 5.22. The van der Waals surface area contributed by atoms with Crippen molar-refractivity contribution in [3.63, 3.8) is 0 Å². The molecule has 92 valence electrons. The standard InChI is InChI=1S/C18H20/c1-13-5-7-17(15(3)11-13)9-10-18-8-6-14(2)12-16(18)4/h5-12,16H,3H2,1-2,4H3. The van der Waals surface area contributed by atoms with Crippen LogP contribution in [-0.2, 0) is 0 Å². The lowest BCUT2D eigenvalue weighted by atomic mass is 9.93. The fourth-order valence-corrected chi connectivity index (χ4v) is 2.22. The number of hydrogen-bond donors (Lipinski definition) is 0. The van der Waals surface area contributed by atoms with Crippen LogP contribution < -0.4 is 10.4 Å². The van der Waals surface area contributed by atoms with E-state index >= 15 is 0 Å². The van der Waals surface area contributed by atoms with E-state index in [1.165, 1.54) is 21.9 Å². The van der Waals surface area contributed by atoms with Crippen LogP contribution in [0, 0.1) is 12.8 Å². The van der Waals surface area contributed by atoms with Gasteiger partial charge in [-0.3, -0.25) is 0 Å². The van der Waals surface area contributed by atoms with E-state index in [9.17, 15) is 0 Å². The third-order valence-corrected chi connectivity index (χ3v) is 3.33. The number of rotatable bonds is 1. The lowest BCUT2D eigenvalue weighted by molar-refractivity contribution is 0.873. The maximum absolute atomic E-state index is 4.09. The van der Waals surface area contributed by atoms with Crippen molar-refractivity contribution in [1.82, 2.24) is 0 Å². The Morgan fingerprint density at radius 2 is 1.89 bits per heavy atom. The second-order valence-corrected chi connectivity index (χ2v) is 5.07. The Morgan fingerprint density at radius 3 is 2.56 bits per heavy atom. The molecule has 0 amide bonds. The zero-order valence-electron chi connectivity index (χ0n) is 11.4. The molecule has 1 unspecified atom stereocenters. The minimum atomic E-state index is 0.491. The zero-order valence-corrected chi connectivity index (χ0v) is 11.4. The Labute approximate surface area is 109 Å². The second-order valence-electron chi connectivity index (χ2n) is 5.07. The van der Waals surface area contributed by atoms with E-state index < -0.39 is 0 Å². The van der Waals surface area contributed by atoms with Crippen LogP contribution in [0.15, 0.2) is 53.6 Å². The lowest BCUT2D eigenvalue weighted by Crippen LogP contribution is -2.22. The van der Waals surface area contributed by atoms with Crippen LogP contribution in [0.2, 0.25) is 0 Å². The van der Waals surface area contributed by atoms with Crippen molar-refractivity contribution in [3.05, 3.63) is 69.7 Å². The summed E-state index contributed by atoms with van der Waals surface area (Å²) in [5, 5.41) is 2.28. The molecule has 0 heteroatoms. The van der Waals surface area contributed by atoms with Crippen LogP contribution in [0.4, 0.5) is 0 Å². The van der Waals surface area contributed by atoms with E-state index in [0.29, 0.717) is 5.92 Å². The van der Waals surface area contributed by atoms with Gasteiger partial charge < -0.3 is 0 Å². The predicted molar refractivity (Wildman–Crippen MR) is 80.6 cm³/mol. The minimum absolute atomic E-state index is 0.491. The van der Waals surface area contributed by atoms with Gasteiger partial charge >= 0.3 is 0 Å². The van der Waals surface area contributed by atoms with Crippen LogP contribution in [0.1, 0.15) is 19.4 Å². The van der Waals surface area contributed by atoms with Gasteiger partial charge in [0, 0.05) is 0 Å². The van der Waals surface area contributed by atoms with Crippen molar-refractivity contribution in [2.45, 2.75) is 20.8 Å². The van der Waals surface area contributed by atoms with Crippen LogP contribution in [-0.4, -0.2) is 0 Å². The number of benzene rings is 1. The molecule has 0 saturated carbocycles. The van der Waals surface area contributed by atoms with Crippen molar-refractivity contribution < 1.29 is 0 Å². The SMILES string of the molecule is C=c1cc(C)ccc1=CC=C1C=CC(C)=CC1C. The molecule has 0 heterocycles. The molecule has 18 heavy (non-hydrogen) atoms. The summed E-state index contributed by atoms with van der Waals surface area (Å²) in [6.45, 7) is 10.5. The summed E-state index contributed by atoms with van der Waals surface area (Å²) in [6.07, 6.45) is 11.0. The monoisotopic (exact) mass is 236 g/mol. The van der Waals surface area contributed by atoms with Crippen molar-refractivity contribution in [3.8, 4) is 0 Å². The fraction of sp³-hybridized carbons (Fsp3) is 0.222. The predicted octanol–water partition coefficient (Wildman–Crippen LogP) is 3.26. The molecule has 0 fully saturated rings. The number of hydrogen-bond acceptors (Lipinski definition) is 0. The Hall–Kier alpha value is -1.82. The number of allylic oxidation sites excluding steroid dienone is 6. The molecule has 1 aliphatic carbocycles. The zero-order chi connectivity index (χ0) is 13.1. The normalized spacial score (nSPS) is 22.4. The Balaban J connectivity index is 2.36. The summed E-state index contributed by atoms with van der Waals surface area (Å²) in [5.74, 6) is 0.491. The molecule has 1 aromatic carbocycles. The van der Waals surface area contributed by atoms with Crippen molar-refractivity contribution >= 4 is 12.7 Å². The highest BCUT2D eigenvalue weighted by atomic mass is 14.1. The molecular formula is C18H20. The summed E-state index contributed by atoms with van der Waals surface area (Å²) >= 11 is 0. The minimum Gasteiger partial charge on any atom is -0.0912 e. The molecule has 0 N–H and O–H groups in total. The molecule has 0 spiro atoms. The maximum Gasteiger partial charge on any atom is -0.000472 e. The van der Waals surface area contributed by atoms with Crippen molar-refractivity contribution in [1.29, 1.82) is 0 Å². The Bertz CT molecular complexity index is 639. The lowest BCUT2D eigenvalue weighted by Gasteiger charge is -2.13. The van der Waals surface area contributed by atoms with Crippen LogP contribution in [0.25, 0.3) is 12.7 Å². The largest absolute Gasteiger partial charge is 0.0912 e. The Kier molecular flexibility index (Phi) is 3.66. The molecule has 0 saturated heterocycles. The van der Waals surface area contributed by atoms with E-state index in [-0.39, 0.29) is 0 Å². The highest BCUT2D eigenvalue weighted by molar-refractivity contribution is 5.47. The van der Waals surface area contributed by atoms with E-state index in [4.69, 9.17) is 0 Å². The third kappa shape index (κ3) is 2.89. The third-order valence-electron chi connectivity index (χ3n) is 3.33. The quantitative estimate of drug-likeness (QED) is 0.702. The molecule has 1 atom stereocenters. The van der Waals surface area contributed by atoms with Gasteiger partial charge in [-0.05, 0) is 35.8 Å².